The number of nitrogens with one attached hydrogen (secondary N) is 1. The zero-order valence-corrected chi connectivity index (χ0v) is 42.7. The van der Waals surface area contributed by atoms with Crippen LogP contribution in [0.1, 0.15) is 113 Å². The van der Waals surface area contributed by atoms with E-state index in [9.17, 15) is 29.1 Å². The van der Waals surface area contributed by atoms with Crippen molar-refractivity contribution < 1.29 is 52.8 Å². The lowest BCUT2D eigenvalue weighted by atomic mass is 9.83. The molecule has 2 aliphatic heterocycles. The highest BCUT2D eigenvalue weighted by molar-refractivity contribution is 8.76. The molecule has 10 atom stereocenters. The van der Waals surface area contributed by atoms with Crippen LogP contribution in [0.2, 0.25) is 0 Å². The summed E-state index contributed by atoms with van der Waals surface area (Å²) in [6.45, 7) is 20.3. The zero-order chi connectivity index (χ0) is 49.3. The van der Waals surface area contributed by atoms with Gasteiger partial charge in [-0.25, -0.2) is 9.59 Å². The molecule has 368 valence electrons. The first kappa shape index (κ1) is 57.8. The number of nitrogens with zero attached hydrogens (tertiary/aromatic N) is 2. The van der Waals surface area contributed by atoms with E-state index in [-0.39, 0.29) is 46.9 Å². The van der Waals surface area contributed by atoms with Crippen LogP contribution in [-0.2, 0) is 42.9 Å². The first-order valence-corrected chi connectivity index (χ1v) is 25.1. The van der Waals surface area contributed by atoms with E-state index in [0.29, 0.717) is 37.2 Å². The van der Waals surface area contributed by atoms with Gasteiger partial charge in [0, 0.05) is 57.4 Å². The van der Waals surface area contributed by atoms with E-state index in [1.807, 2.05) is 13.8 Å². The van der Waals surface area contributed by atoms with E-state index < -0.39 is 71.2 Å². The van der Waals surface area contributed by atoms with Crippen molar-refractivity contribution in [3.63, 3.8) is 0 Å². The van der Waals surface area contributed by atoms with Crippen molar-refractivity contribution >= 4 is 62.8 Å². The number of halogens is 1. The minimum atomic E-state index is -1.85. The summed E-state index contributed by atoms with van der Waals surface area (Å²) in [7, 11) is 8.99. The number of epoxide rings is 1. The largest absolute Gasteiger partial charge is 0.495 e. The summed E-state index contributed by atoms with van der Waals surface area (Å²) < 4.78 is 28.9. The number of carbonyl (C=O) groups is 5. The minimum absolute atomic E-state index is 0.0902. The van der Waals surface area contributed by atoms with Crippen molar-refractivity contribution in [2.75, 3.05) is 34.1 Å². The van der Waals surface area contributed by atoms with Gasteiger partial charge < -0.3 is 44.3 Å². The Kier molecular flexibility index (Phi) is 23.9. The number of ketones is 1. The Labute approximate surface area is 400 Å². The molecular formula is C47H75ClN4O11S2. The van der Waals surface area contributed by atoms with Crippen LogP contribution in [0.15, 0.2) is 60.0 Å². The smallest absolute Gasteiger partial charge is 0.409 e. The molecule has 0 aliphatic carbocycles. The number of hydrogen-bond donors (Lipinski definition) is 3. The molecule has 0 spiro atoms. The number of amides is 3. The molecule has 2 heterocycles. The third-order valence-corrected chi connectivity index (χ3v) is 15.8. The van der Waals surface area contributed by atoms with Crippen molar-refractivity contribution in [2.24, 2.45) is 11.7 Å². The summed E-state index contributed by atoms with van der Waals surface area (Å²) in [6.07, 6.45) is 8.20. The molecule has 0 bridgehead atoms. The van der Waals surface area contributed by atoms with Gasteiger partial charge in [-0.05, 0) is 52.2 Å². The number of unbranched alkanes of at least 4 members (excludes halogenated alkanes) is 2. The summed E-state index contributed by atoms with van der Waals surface area (Å²) >= 11 is 6.62. The number of cyclic esters (lactones) is 1. The van der Waals surface area contributed by atoms with E-state index in [1.165, 1.54) is 61.1 Å². The Bertz CT molecular complexity index is 1760. The van der Waals surface area contributed by atoms with Gasteiger partial charge in [-0.1, -0.05) is 112 Å². The number of methoxy groups -OCH3 is 2. The standard InChI is InChI=1S/C47H75ClN4O11S2/c1-14-19-21-26-46(49,18-5)36(53)24-23-30(6)65-64-27-25-39(54)51(10)32(8)43(56)62-38(28-40(55)52(11)33(16-3)41(48)34(17-4)59-12)45(9)42(63-45)31(7)35-29-47(58,50-44(57)61-35)37(60-13)22-20-15-2/h15-17,20,22,30-32,35,37-38,42,58H,2-3,14,18-19,21,23-29,49H2,1,4-13H3,(H,50,57)/b22-20+,34-17+,41-33-/t30?,31-,32+,35?,37-,38+,42+,45+,46?,47+/m1/s1. The van der Waals surface area contributed by atoms with Crippen molar-refractivity contribution in [1.29, 1.82) is 0 Å². The highest BCUT2D eigenvalue weighted by Gasteiger charge is 2.64. The molecular weight excluding hydrogens is 896 g/mol. The first-order valence-electron chi connectivity index (χ1n) is 22.3. The number of likely N-dealkylation sites (N-methyl/N-ethyl adjacent to an activating group) is 2. The number of Topliss-reactive ketones (excluding diaryl/α,β-unsaturated/α-hetero) is 1. The van der Waals surface area contributed by atoms with Crippen LogP contribution in [0.4, 0.5) is 4.79 Å². The Hall–Kier alpha value is -3.32. The first-order chi connectivity index (χ1) is 30.6. The third-order valence-electron chi connectivity index (χ3n) is 12.4. The second-order valence-electron chi connectivity index (χ2n) is 17.0. The fraction of sp³-hybridized carbons (Fsp3) is 0.681. The molecule has 65 heavy (non-hydrogen) atoms. The molecule has 2 fully saturated rings. The molecule has 0 radical (unpaired) electrons. The predicted octanol–water partition coefficient (Wildman–Crippen LogP) is 7.72. The normalized spacial score (nSPS) is 24.5. The minimum Gasteiger partial charge on any atom is -0.495 e. The Morgan fingerprint density at radius 1 is 1.12 bits per heavy atom. The van der Waals surface area contributed by atoms with Gasteiger partial charge in [0.1, 0.15) is 40.7 Å². The molecule has 0 aromatic carbocycles. The summed E-state index contributed by atoms with van der Waals surface area (Å²) in [5, 5.41) is 14.3. The average Bonchev–Trinajstić information content (AvgIpc) is 3.98. The maximum Gasteiger partial charge on any atom is 0.409 e. The molecule has 3 unspecified atom stereocenters. The lowest BCUT2D eigenvalue weighted by molar-refractivity contribution is -0.162. The maximum absolute atomic E-state index is 14.1. The zero-order valence-electron chi connectivity index (χ0n) is 40.3. The number of alkyl carbamates (subject to hydrolysis) is 1. The number of ether oxygens (including phenoxy) is 5. The highest BCUT2D eigenvalue weighted by Crippen LogP contribution is 2.49. The van der Waals surface area contributed by atoms with Gasteiger partial charge in [-0.15, -0.1) is 0 Å². The second kappa shape index (κ2) is 26.9. The van der Waals surface area contributed by atoms with E-state index in [4.69, 9.17) is 41.0 Å². The SMILES string of the molecule is C=C/C=C/[C@@H](OC)[C@@]1(O)CC([C@@H](C)[C@@H]2O[C@@]2(C)[C@H](CC(=O)N(C)/C(C=C)=C(Cl)/C(=C\C)OC)OC(=O)[C@H](C)N(C)C(=O)CCSSC(C)CCC(=O)C(N)(CC)CCCCC)OC(=O)N1. The van der Waals surface area contributed by atoms with Gasteiger partial charge in [0.05, 0.1) is 30.9 Å². The van der Waals surface area contributed by atoms with Gasteiger partial charge in [0.25, 0.3) is 0 Å². The second-order valence-corrected chi connectivity index (χ2v) is 20.3. The van der Waals surface area contributed by atoms with E-state index >= 15 is 0 Å². The lowest BCUT2D eigenvalue weighted by Gasteiger charge is -2.42. The van der Waals surface area contributed by atoms with Crippen molar-refractivity contribution in [2.45, 2.75) is 165 Å². The number of hydrogen-bond acceptors (Lipinski definition) is 14. The summed E-state index contributed by atoms with van der Waals surface area (Å²) in [6, 6.07) is -1.04. The Morgan fingerprint density at radius 3 is 2.37 bits per heavy atom. The Morgan fingerprint density at radius 2 is 1.80 bits per heavy atom. The molecule has 2 aliphatic rings. The quantitative estimate of drug-likeness (QED) is 0.0158. The number of nitrogens with two attached hydrogens (primary N) is 1. The van der Waals surface area contributed by atoms with E-state index in [0.717, 1.165) is 19.3 Å². The van der Waals surface area contributed by atoms with Crippen molar-refractivity contribution in [3.8, 4) is 0 Å². The van der Waals surface area contributed by atoms with Crippen LogP contribution < -0.4 is 11.1 Å². The number of rotatable bonds is 30. The highest BCUT2D eigenvalue weighted by atomic mass is 35.5. The summed E-state index contributed by atoms with van der Waals surface area (Å²) in [4.78, 5) is 69.8. The van der Waals surface area contributed by atoms with Gasteiger partial charge in [0.2, 0.25) is 11.8 Å². The van der Waals surface area contributed by atoms with E-state index in [2.05, 4.69) is 25.4 Å². The number of carbonyl (C=O) groups excluding carboxylic acids is 5. The molecule has 18 heteroatoms. The van der Waals surface area contributed by atoms with Gasteiger partial charge >= 0.3 is 12.1 Å². The number of aliphatic hydroxyl groups is 1. The molecule has 3 amide bonds. The summed E-state index contributed by atoms with van der Waals surface area (Å²) in [5.41, 5.74) is 2.84. The van der Waals surface area contributed by atoms with Gasteiger partial charge in [0.15, 0.2) is 11.5 Å². The van der Waals surface area contributed by atoms with E-state index in [1.54, 1.807) is 56.7 Å². The molecule has 2 saturated heterocycles. The van der Waals surface area contributed by atoms with Crippen LogP contribution in [0.25, 0.3) is 0 Å². The number of allylic oxidation sites excluding steroid dienone is 5. The van der Waals surface area contributed by atoms with Crippen molar-refractivity contribution in [1.82, 2.24) is 15.1 Å². The van der Waals surface area contributed by atoms with Gasteiger partial charge in [-0.3, -0.25) is 19.7 Å². The fourth-order valence-electron chi connectivity index (χ4n) is 7.70. The third kappa shape index (κ3) is 15.9. The molecule has 0 saturated carbocycles. The average molecular weight is 972 g/mol. The van der Waals surface area contributed by atoms with Crippen LogP contribution in [0.3, 0.4) is 0 Å². The van der Waals surface area contributed by atoms with Crippen LogP contribution >= 0.6 is 33.2 Å². The number of esters is 1. The Balaban J connectivity index is 2.23. The molecule has 15 nitrogen and oxygen atoms in total. The summed E-state index contributed by atoms with van der Waals surface area (Å²) in [5.74, 6) is -1.26. The van der Waals surface area contributed by atoms with Crippen LogP contribution in [-0.4, -0.2) is 131 Å². The van der Waals surface area contributed by atoms with Gasteiger partial charge in [-0.2, -0.15) is 0 Å². The molecule has 0 aromatic rings. The lowest BCUT2D eigenvalue weighted by Crippen LogP contribution is -2.63. The predicted molar refractivity (Wildman–Crippen MR) is 259 cm³/mol. The molecule has 4 N–H and O–H groups in total. The van der Waals surface area contributed by atoms with Crippen LogP contribution in [0, 0.1) is 5.92 Å². The van der Waals surface area contributed by atoms with Crippen LogP contribution in [0.5, 0.6) is 0 Å². The van der Waals surface area contributed by atoms with Crippen molar-refractivity contribution in [3.05, 3.63) is 60.0 Å². The monoisotopic (exact) mass is 970 g/mol. The fourth-order valence-corrected chi connectivity index (χ4v) is 10.4. The maximum atomic E-state index is 14.1. The molecule has 0 aromatic heterocycles. The topological polar surface area (TPSA) is 200 Å². The molecule has 2 rings (SSSR count).